The minimum Gasteiger partial charge on any atom is -0.497 e. The highest BCUT2D eigenvalue weighted by Crippen LogP contribution is 2.36. The number of nitrogen functional groups attached to an aromatic ring is 1. The molecule has 3 heterocycles. The lowest BCUT2D eigenvalue weighted by molar-refractivity contribution is 0.103. The van der Waals surface area contributed by atoms with E-state index in [2.05, 4.69) is 23.2 Å². The molecule has 0 radical (unpaired) electrons. The third kappa shape index (κ3) is 3.61. The van der Waals surface area contributed by atoms with Crippen molar-refractivity contribution in [3.8, 4) is 11.5 Å². The zero-order valence-electron chi connectivity index (χ0n) is 16.7. The molecule has 0 unspecified atom stereocenters. The first-order valence-electron chi connectivity index (χ1n) is 9.50. The van der Waals surface area contributed by atoms with Gasteiger partial charge in [-0.15, -0.1) is 11.3 Å². The van der Waals surface area contributed by atoms with Crippen LogP contribution in [-0.2, 0) is 13.0 Å². The number of thiophene rings is 1. The molecule has 0 saturated heterocycles. The number of nitrogens with zero attached hydrogens (tertiary/aromatic N) is 2. The van der Waals surface area contributed by atoms with Crippen LogP contribution in [0, 0.1) is 0 Å². The zero-order chi connectivity index (χ0) is 20.5. The summed E-state index contributed by atoms with van der Waals surface area (Å²) in [6, 6.07) is 7.33. The molecular weight excluding hydrogens is 388 g/mol. The largest absolute Gasteiger partial charge is 0.497 e. The van der Waals surface area contributed by atoms with Crippen LogP contribution in [0.25, 0.3) is 10.2 Å². The molecule has 0 fully saturated rings. The van der Waals surface area contributed by atoms with Crippen LogP contribution < -0.4 is 20.5 Å². The fourth-order valence-electron chi connectivity index (χ4n) is 3.58. The minimum absolute atomic E-state index is 0.276. The molecule has 152 valence electrons. The minimum atomic E-state index is -0.276. The molecule has 3 aromatic rings. The van der Waals surface area contributed by atoms with Crippen molar-refractivity contribution in [2.75, 3.05) is 38.4 Å². The van der Waals surface area contributed by atoms with Gasteiger partial charge in [-0.1, -0.05) is 6.92 Å². The Bertz CT molecular complexity index is 1080. The molecule has 0 bridgehead atoms. The van der Waals surface area contributed by atoms with Crippen molar-refractivity contribution in [3.05, 3.63) is 40.4 Å². The molecule has 4 rings (SSSR count). The predicted molar refractivity (Wildman–Crippen MR) is 116 cm³/mol. The van der Waals surface area contributed by atoms with Crippen molar-refractivity contribution < 1.29 is 14.3 Å². The van der Waals surface area contributed by atoms with E-state index < -0.39 is 0 Å². The number of fused-ring (bicyclic) bond motifs is 2. The van der Waals surface area contributed by atoms with Gasteiger partial charge in [-0.05, 0) is 30.3 Å². The summed E-state index contributed by atoms with van der Waals surface area (Å²) in [5, 5.41) is 3.74. The van der Waals surface area contributed by atoms with Gasteiger partial charge in [0.2, 0.25) is 0 Å². The van der Waals surface area contributed by atoms with Crippen molar-refractivity contribution in [2.24, 2.45) is 0 Å². The summed E-state index contributed by atoms with van der Waals surface area (Å²) >= 11 is 1.32. The molecule has 2 aromatic heterocycles. The van der Waals surface area contributed by atoms with Crippen LogP contribution in [0.1, 0.15) is 27.9 Å². The summed E-state index contributed by atoms with van der Waals surface area (Å²) in [7, 11) is 3.13. The van der Waals surface area contributed by atoms with Crippen LogP contribution in [0.2, 0.25) is 0 Å². The second-order valence-electron chi connectivity index (χ2n) is 6.93. The Morgan fingerprint density at radius 3 is 2.86 bits per heavy atom. The predicted octanol–water partition coefficient (Wildman–Crippen LogP) is 3.53. The third-order valence-corrected chi connectivity index (χ3v) is 6.37. The summed E-state index contributed by atoms with van der Waals surface area (Å²) < 4.78 is 10.6. The standard InChI is InChI=1S/C21H24N4O3S/c1-4-25-8-7-15-12(11-25)9-14-18(22)19(29-21(14)24-15)20(26)23-16-6-5-13(27-2)10-17(16)28-3/h5-6,9-10H,4,7-8,11,22H2,1-3H3,(H,23,26). The number of methoxy groups -OCH3 is 2. The number of aromatic nitrogens is 1. The average Bonchev–Trinajstić information content (AvgIpc) is 3.07. The Kier molecular flexibility index (Phi) is 5.29. The lowest BCUT2D eigenvalue weighted by atomic mass is 10.0. The second kappa shape index (κ2) is 7.88. The maximum Gasteiger partial charge on any atom is 0.268 e. The molecule has 29 heavy (non-hydrogen) atoms. The summed E-state index contributed by atoms with van der Waals surface area (Å²) in [5.74, 6) is 0.893. The number of benzene rings is 1. The Hall–Kier alpha value is -2.84. The fourth-order valence-corrected chi connectivity index (χ4v) is 4.57. The van der Waals surface area contributed by atoms with Gasteiger partial charge in [-0.2, -0.15) is 0 Å². The molecule has 1 aliphatic heterocycles. The Morgan fingerprint density at radius 2 is 2.14 bits per heavy atom. The number of nitrogens with one attached hydrogen (secondary N) is 1. The summed E-state index contributed by atoms with van der Waals surface area (Å²) in [6.07, 6.45) is 0.918. The van der Waals surface area contributed by atoms with Crippen molar-refractivity contribution in [1.29, 1.82) is 0 Å². The highest BCUT2D eigenvalue weighted by Gasteiger charge is 2.23. The molecular formula is C21H24N4O3S. The first-order chi connectivity index (χ1) is 14.0. The molecule has 0 saturated carbocycles. The molecule has 1 amide bonds. The lowest BCUT2D eigenvalue weighted by Gasteiger charge is -2.26. The van der Waals surface area contributed by atoms with Gasteiger partial charge in [0.15, 0.2) is 0 Å². The van der Waals surface area contributed by atoms with E-state index in [-0.39, 0.29) is 5.91 Å². The third-order valence-electron chi connectivity index (χ3n) is 5.26. The Labute approximate surface area is 173 Å². The van der Waals surface area contributed by atoms with Crippen LogP contribution in [-0.4, -0.2) is 43.1 Å². The van der Waals surface area contributed by atoms with Gasteiger partial charge in [0.05, 0.1) is 25.6 Å². The smallest absolute Gasteiger partial charge is 0.268 e. The number of nitrogens with two attached hydrogens (primary N) is 1. The number of carbonyl (C=O) groups is 1. The average molecular weight is 413 g/mol. The first kappa shape index (κ1) is 19.5. The van der Waals surface area contributed by atoms with Gasteiger partial charge in [0.1, 0.15) is 21.2 Å². The van der Waals surface area contributed by atoms with E-state index in [9.17, 15) is 4.79 Å². The number of hydrogen-bond donors (Lipinski definition) is 2. The van der Waals surface area contributed by atoms with Crippen molar-refractivity contribution >= 4 is 38.8 Å². The molecule has 0 aliphatic carbocycles. The molecule has 1 aliphatic rings. The van der Waals surface area contributed by atoms with Crippen LogP contribution >= 0.6 is 11.3 Å². The Balaban J connectivity index is 1.66. The van der Waals surface area contributed by atoms with E-state index in [1.54, 1.807) is 32.4 Å². The van der Waals surface area contributed by atoms with Gasteiger partial charge >= 0.3 is 0 Å². The van der Waals surface area contributed by atoms with Gasteiger partial charge in [-0.3, -0.25) is 9.69 Å². The molecule has 0 spiro atoms. The number of ether oxygens (including phenoxy) is 2. The number of carbonyl (C=O) groups excluding carboxylic acids is 1. The Morgan fingerprint density at radius 1 is 1.31 bits per heavy atom. The highest BCUT2D eigenvalue weighted by atomic mass is 32.1. The lowest BCUT2D eigenvalue weighted by Crippen LogP contribution is -2.30. The topological polar surface area (TPSA) is 89.7 Å². The SMILES string of the molecule is CCN1CCc2nc3sc(C(=O)Nc4ccc(OC)cc4OC)c(N)c3cc2C1. The highest BCUT2D eigenvalue weighted by molar-refractivity contribution is 7.21. The maximum absolute atomic E-state index is 12.9. The molecule has 8 heteroatoms. The number of likely N-dealkylation sites (N-methyl/N-ethyl adjacent to an activating group) is 1. The van der Waals surface area contributed by atoms with Gasteiger partial charge in [0, 0.05) is 36.7 Å². The van der Waals surface area contributed by atoms with Crippen molar-refractivity contribution in [1.82, 2.24) is 9.88 Å². The maximum atomic E-state index is 12.9. The van der Waals surface area contributed by atoms with Crippen molar-refractivity contribution in [2.45, 2.75) is 19.9 Å². The fraction of sp³-hybridized carbons (Fsp3) is 0.333. The van der Waals surface area contributed by atoms with Crippen LogP contribution in [0.5, 0.6) is 11.5 Å². The van der Waals surface area contributed by atoms with Gasteiger partial charge in [-0.25, -0.2) is 4.98 Å². The first-order valence-corrected chi connectivity index (χ1v) is 10.3. The van der Waals surface area contributed by atoms with Crippen LogP contribution in [0.3, 0.4) is 0 Å². The number of rotatable bonds is 5. The van der Waals surface area contributed by atoms with E-state index in [4.69, 9.17) is 20.2 Å². The molecule has 1 aromatic carbocycles. The van der Waals surface area contributed by atoms with Crippen LogP contribution in [0.4, 0.5) is 11.4 Å². The summed E-state index contributed by atoms with van der Waals surface area (Å²) in [5.41, 5.74) is 9.68. The van der Waals surface area contributed by atoms with Gasteiger partial charge in [0.25, 0.3) is 5.91 Å². The number of hydrogen-bond acceptors (Lipinski definition) is 7. The van der Waals surface area contributed by atoms with E-state index in [0.29, 0.717) is 27.8 Å². The van der Waals surface area contributed by atoms with Crippen molar-refractivity contribution in [3.63, 3.8) is 0 Å². The molecule has 7 nitrogen and oxygen atoms in total. The number of amides is 1. The molecule has 0 atom stereocenters. The quantitative estimate of drug-likeness (QED) is 0.666. The number of pyridine rings is 1. The van der Waals surface area contributed by atoms with Crippen LogP contribution in [0.15, 0.2) is 24.3 Å². The number of anilines is 2. The monoisotopic (exact) mass is 412 g/mol. The van der Waals surface area contributed by atoms with E-state index >= 15 is 0 Å². The zero-order valence-corrected chi connectivity index (χ0v) is 17.6. The van der Waals surface area contributed by atoms with E-state index in [1.807, 2.05) is 0 Å². The normalized spacial score (nSPS) is 13.9. The molecule has 3 N–H and O–H groups in total. The summed E-state index contributed by atoms with van der Waals surface area (Å²) in [6.45, 7) is 5.04. The van der Waals surface area contributed by atoms with E-state index in [0.717, 1.165) is 42.0 Å². The second-order valence-corrected chi connectivity index (χ2v) is 7.93. The summed E-state index contributed by atoms with van der Waals surface area (Å²) in [4.78, 5) is 21.4. The van der Waals surface area contributed by atoms with Gasteiger partial charge < -0.3 is 20.5 Å². The van der Waals surface area contributed by atoms with E-state index in [1.165, 1.54) is 16.9 Å².